The van der Waals surface area contributed by atoms with Crippen LogP contribution in [0.15, 0.2) is 0 Å². The summed E-state index contributed by atoms with van der Waals surface area (Å²) in [7, 11) is 0. The highest BCUT2D eigenvalue weighted by molar-refractivity contribution is 5.82. The van der Waals surface area contributed by atoms with Crippen LogP contribution in [0, 0.1) is 5.92 Å². The fourth-order valence-corrected chi connectivity index (χ4v) is 2.95. The van der Waals surface area contributed by atoms with E-state index in [9.17, 15) is 9.59 Å². The topological polar surface area (TPSA) is 37.4 Å². The van der Waals surface area contributed by atoms with Gasteiger partial charge in [-0.2, -0.15) is 0 Å². The molecule has 2 fully saturated rings. The molecular formula is C12H19NO2. The fourth-order valence-electron chi connectivity index (χ4n) is 2.95. The average Bonchev–Trinajstić information content (AvgIpc) is 2.22. The summed E-state index contributed by atoms with van der Waals surface area (Å²) in [5.74, 6) is 1.14. The average molecular weight is 209 g/mol. The molecule has 0 aromatic rings. The van der Waals surface area contributed by atoms with Gasteiger partial charge in [0.2, 0.25) is 5.91 Å². The Morgan fingerprint density at radius 1 is 1.27 bits per heavy atom. The number of piperidine rings is 1. The van der Waals surface area contributed by atoms with Gasteiger partial charge >= 0.3 is 0 Å². The Morgan fingerprint density at radius 3 is 2.80 bits per heavy atom. The van der Waals surface area contributed by atoms with Crippen LogP contribution in [0.1, 0.15) is 45.4 Å². The molecule has 1 aliphatic carbocycles. The van der Waals surface area contributed by atoms with Gasteiger partial charge in [-0.15, -0.1) is 0 Å². The largest absolute Gasteiger partial charge is 0.339 e. The molecule has 0 aromatic heterocycles. The SMILES string of the molecule is CCCN1C(=O)CC[C@H]2CC(=O)CC[C@@H]21. The smallest absolute Gasteiger partial charge is 0.222 e. The van der Waals surface area contributed by atoms with Crippen LogP contribution in [0.2, 0.25) is 0 Å². The van der Waals surface area contributed by atoms with E-state index in [4.69, 9.17) is 0 Å². The van der Waals surface area contributed by atoms with Gasteiger partial charge in [-0.1, -0.05) is 6.92 Å². The summed E-state index contributed by atoms with van der Waals surface area (Å²) in [6, 6.07) is 0.365. The number of amides is 1. The maximum atomic E-state index is 11.8. The molecule has 2 rings (SSSR count). The highest BCUT2D eigenvalue weighted by Gasteiger charge is 2.38. The molecule has 1 heterocycles. The van der Waals surface area contributed by atoms with Crippen LogP contribution in [0.4, 0.5) is 0 Å². The molecule has 1 saturated carbocycles. The first-order chi connectivity index (χ1) is 7.22. The molecule has 1 aliphatic heterocycles. The minimum Gasteiger partial charge on any atom is -0.339 e. The van der Waals surface area contributed by atoms with Gasteiger partial charge in [0.1, 0.15) is 5.78 Å². The molecule has 3 heteroatoms. The summed E-state index contributed by atoms with van der Waals surface area (Å²) >= 11 is 0. The summed E-state index contributed by atoms with van der Waals surface area (Å²) in [6.07, 6.45) is 4.87. The van der Waals surface area contributed by atoms with Crippen LogP contribution >= 0.6 is 0 Å². The van der Waals surface area contributed by atoms with Crippen LogP contribution in [-0.4, -0.2) is 29.2 Å². The minimum absolute atomic E-state index is 0.299. The third-order valence-electron chi connectivity index (χ3n) is 3.67. The molecule has 0 unspecified atom stereocenters. The number of nitrogens with zero attached hydrogens (tertiary/aromatic N) is 1. The van der Waals surface area contributed by atoms with Gasteiger partial charge in [-0.3, -0.25) is 9.59 Å². The van der Waals surface area contributed by atoms with E-state index >= 15 is 0 Å². The van der Waals surface area contributed by atoms with Crippen molar-refractivity contribution >= 4 is 11.7 Å². The van der Waals surface area contributed by atoms with Crippen LogP contribution in [0.25, 0.3) is 0 Å². The Hall–Kier alpha value is -0.860. The number of fused-ring (bicyclic) bond motifs is 1. The molecule has 1 amide bonds. The first-order valence-corrected chi connectivity index (χ1v) is 6.03. The van der Waals surface area contributed by atoms with E-state index in [0.717, 1.165) is 25.8 Å². The van der Waals surface area contributed by atoms with Gasteiger partial charge < -0.3 is 4.90 Å². The highest BCUT2D eigenvalue weighted by Crippen LogP contribution is 2.34. The van der Waals surface area contributed by atoms with E-state index in [1.807, 2.05) is 4.90 Å². The third-order valence-corrected chi connectivity index (χ3v) is 3.67. The summed E-state index contributed by atoms with van der Waals surface area (Å²) in [4.78, 5) is 25.2. The number of likely N-dealkylation sites (tertiary alicyclic amines) is 1. The lowest BCUT2D eigenvalue weighted by molar-refractivity contribution is -0.143. The quantitative estimate of drug-likeness (QED) is 0.695. The monoisotopic (exact) mass is 209 g/mol. The minimum atomic E-state index is 0.299. The molecule has 0 bridgehead atoms. The number of carbonyl (C=O) groups is 2. The lowest BCUT2D eigenvalue weighted by atomic mass is 9.77. The van der Waals surface area contributed by atoms with Gasteiger partial charge in [-0.25, -0.2) is 0 Å². The summed E-state index contributed by atoms with van der Waals surface area (Å²) in [5, 5.41) is 0. The van der Waals surface area contributed by atoms with Crippen molar-refractivity contribution in [1.82, 2.24) is 4.90 Å². The third kappa shape index (κ3) is 2.06. The number of carbonyl (C=O) groups excluding carboxylic acids is 2. The van der Waals surface area contributed by atoms with E-state index in [-0.39, 0.29) is 0 Å². The van der Waals surface area contributed by atoms with E-state index in [1.165, 1.54) is 0 Å². The zero-order valence-corrected chi connectivity index (χ0v) is 9.37. The predicted molar refractivity (Wildman–Crippen MR) is 57.4 cm³/mol. The Balaban J connectivity index is 2.08. The normalized spacial score (nSPS) is 31.7. The molecule has 0 N–H and O–H groups in total. The molecule has 2 aliphatic rings. The Labute approximate surface area is 90.8 Å². The van der Waals surface area contributed by atoms with Crippen molar-refractivity contribution in [3.8, 4) is 0 Å². The molecule has 1 saturated heterocycles. The lowest BCUT2D eigenvalue weighted by Gasteiger charge is -2.43. The van der Waals surface area contributed by atoms with Crippen molar-refractivity contribution in [2.24, 2.45) is 5.92 Å². The molecule has 0 radical (unpaired) electrons. The molecule has 2 atom stereocenters. The predicted octanol–water partition coefficient (Wildman–Crippen LogP) is 1.76. The Kier molecular flexibility index (Phi) is 3.08. The summed E-state index contributed by atoms with van der Waals surface area (Å²) in [5.41, 5.74) is 0. The number of hydrogen-bond donors (Lipinski definition) is 0. The Morgan fingerprint density at radius 2 is 2.07 bits per heavy atom. The molecule has 0 aromatic carbocycles. The number of hydrogen-bond acceptors (Lipinski definition) is 2. The van der Waals surface area contributed by atoms with E-state index in [1.54, 1.807) is 0 Å². The molecule has 84 valence electrons. The van der Waals surface area contributed by atoms with Crippen LogP contribution in [-0.2, 0) is 9.59 Å². The first kappa shape index (κ1) is 10.7. The lowest BCUT2D eigenvalue weighted by Crippen LogP contribution is -2.51. The van der Waals surface area contributed by atoms with Gasteiger partial charge in [0.15, 0.2) is 0 Å². The Bertz CT molecular complexity index is 275. The second-order valence-electron chi connectivity index (χ2n) is 4.73. The van der Waals surface area contributed by atoms with Crippen molar-refractivity contribution in [3.05, 3.63) is 0 Å². The second kappa shape index (κ2) is 4.33. The van der Waals surface area contributed by atoms with Crippen molar-refractivity contribution in [2.75, 3.05) is 6.54 Å². The van der Waals surface area contributed by atoms with Crippen molar-refractivity contribution < 1.29 is 9.59 Å². The van der Waals surface area contributed by atoms with Crippen molar-refractivity contribution in [3.63, 3.8) is 0 Å². The highest BCUT2D eigenvalue weighted by atomic mass is 16.2. The molecule has 0 spiro atoms. The number of ketones is 1. The van der Waals surface area contributed by atoms with Gasteiger partial charge in [0.05, 0.1) is 0 Å². The summed E-state index contributed by atoms with van der Waals surface area (Å²) in [6.45, 7) is 2.97. The van der Waals surface area contributed by atoms with E-state index < -0.39 is 0 Å². The van der Waals surface area contributed by atoms with E-state index in [2.05, 4.69) is 6.92 Å². The van der Waals surface area contributed by atoms with Gasteiger partial charge in [0, 0.05) is 31.8 Å². The van der Waals surface area contributed by atoms with Gasteiger partial charge in [-0.05, 0) is 25.2 Å². The number of Topliss-reactive ketones (excluding diaryl/α,β-unsaturated/α-hetero) is 1. The van der Waals surface area contributed by atoms with Crippen molar-refractivity contribution in [2.45, 2.75) is 51.5 Å². The molecular weight excluding hydrogens is 190 g/mol. The summed E-state index contributed by atoms with van der Waals surface area (Å²) < 4.78 is 0. The maximum absolute atomic E-state index is 11.8. The second-order valence-corrected chi connectivity index (χ2v) is 4.73. The zero-order valence-electron chi connectivity index (χ0n) is 9.37. The van der Waals surface area contributed by atoms with Crippen LogP contribution in [0.5, 0.6) is 0 Å². The van der Waals surface area contributed by atoms with E-state index in [0.29, 0.717) is 42.9 Å². The van der Waals surface area contributed by atoms with Gasteiger partial charge in [0.25, 0.3) is 0 Å². The standard InChI is InChI=1S/C12H19NO2/c1-2-7-13-11-5-4-10(14)8-9(11)3-6-12(13)15/h9,11H,2-8H2,1H3/t9-,11-/m0/s1. The maximum Gasteiger partial charge on any atom is 0.222 e. The van der Waals surface area contributed by atoms with Crippen LogP contribution < -0.4 is 0 Å². The first-order valence-electron chi connectivity index (χ1n) is 6.03. The number of rotatable bonds is 2. The molecule has 15 heavy (non-hydrogen) atoms. The zero-order chi connectivity index (χ0) is 10.8. The van der Waals surface area contributed by atoms with Crippen LogP contribution in [0.3, 0.4) is 0 Å². The molecule has 3 nitrogen and oxygen atoms in total. The fraction of sp³-hybridized carbons (Fsp3) is 0.833. The van der Waals surface area contributed by atoms with Crippen molar-refractivity contribution in [1.29, 1.82) is 0 Å².